The number of ether oxygens (including phenoxy) is 1. The van der Waals surface area contributed by atoms with E-state index in [2.05, 4.69) is 67.2 Å². The summed E-state index contributed by atoms with van der Waals surface area (Å²) in [4.78, 5) is 5.75. The molecule has 1 aliphatic carbocycles. The average Bonchev–Trinajstić information content (AvgIpc) is 3.26. The maximum Gasteiger partial charge on any atom is 0.132 e. The van der Waals surface area contributed by atoms with Crippen molar-refractivity contribution in [2.24, 2.45) is 0 Å². The van der Waals surface area contributed by atoms with E-state index in [1.54, 1.807) is 0 Å². The van der Waals surface area contributed by atoms with E-state index < -0.39 is 5.60 Å². The topological polar surface area (TPSA) is 48.5 Å². The van der Waals surface area contributed by atoms with E-state index in [4.69, 9.17) is 4.74 Å². The summed E-state index contributed by atoms with van der Waals surface area (Å²) in [6, 6.07) is 12.9. The first-order valence-electron chi connectivity index (χ1n) is 10.7. The van der Waals surface area contributed by atoms with Gasteiger partial charge in [-0.25, -0.2) is 0 Å². The number of aryl methyl sites for hydroxylation is 2. The van der Waals surface area contributed by atoms with Crippen molar-refractivity contribution in [3.63, 3.8) is 0 Å². The second-order valence-electron chi connectivity index (χ2n) is 9.07. The highest BCUT2D eigenvalue weighted by atomic mass is 16.5. The summed E-state index contributed by atoms with van der Waals surface area (Å²) in [6.07, 6.45) is 4.90. The minimum absolute atomic E-state index is 0.139. The third-order valence-corrected chi connectivity index (χ3v) is 6.80. The number of H-pyrrole nitrogens is 1. The quantitative estimate of drug-likeness (QED) is 0.683. The van der Waals surface area contributed by atoms with Gasteiger partial charge < -0.3 is 19.7 Å². The summed E-state index contributed by atoms with van der Waals surface area (Å²) in [5.74, 6) is 1.32. The number of aliphatic hydroxyl groups is 1. The van der Waals surface area contributed by atoms with Gasteiger partial charge in [-0.15, -0.1) is 0 Å². The van der Waals surface area contributed by atoms with E-state index >= 15 is 0 Å². The third-order valence-electron chi connectivity index (χ3n) is 6.80. The largest absolute Gasteiger partial charge is 0.489 e. The minimum atomic E-state index is -0.573. The number of likely N-dealkylation sites (N-methyl/N-ethyl adjacent to an activating group) is 1. The van der Waals surface area contributed by atoms with Crippen molar-refractivity contribution in [3.8, 4) is 5.75 Å². The number of likely N-dealkylation sites (tertiary alicyclic amines) is 1. The molecule has 152 valence electrons. The number of hydrogen-bond acceptors (Lipinski definition) is 3. The smallest absolute Gasteiger partial charge is 0.132 e. The van der Waals surface area contributed by atoms with Gasteiger partial charge in [0.25, 0.3) is 0 Å². The monoisotopic (exact) mass is 390 g/mol. The number of benzene rings is 2. The Hall–Kier alpha value is -2.30. The zero-order valence-corrected chi connectivity index (χ0v) is 17.5. The summed E-state index contributed by atoms with van der Waals surface area (Å²) in [5, 5.41) is 11.6. The molecule has 29 heavy (non-hydrogen) atoms. The van der Waals surface area contributed by atoms with Crippen molar-refractivity contribution in [2.75, 3.05) is 20.1 Å². The van der Waals surface area contributed by atoms with Gasteiger partial charge in [-0.2, -0.15) is 0 Å². The summed E-state index contributed by atoms with van der Waals surface area (Å²) >= 11 is 0. The second kappa shape index (κ2) is 6.89. The molecule has 4 heteroatoms. The fourth-order valence-corrected chi connectivity index (χ4v) is 4.87. The van der Waals surface area contributed by atoms with Gasteiger partial charge in [0.05, 0.1) is 11.1 Å². The van der Waals surface area contributed by atoms with Gasteiger partial charge in [0.2, 0.25) is 0 Å². The van der Waals surface area contributed by atoms with Crippen LogP contribution in [0.2, 0.25) is 0 Å². The summed E-state index contributed by atoms with van der Waals surface area (Å²) < 4.78 is 6.74. The number of rotatable bonds is 4. The molecule has 0 spiro atoms. The zero-order valence-electron chi connectivity index (χ0n) is 17.5. The highest BCUT2D eigenvalue weighted by Gasteiger charge is 2.42. The predicted octanol–water partition coefficient (Wildman–Crippen LogP) is 4.63. The standard InChI is InChI=1S/C25H30N2O2/c1-16-14-17(2)24(20-8-12-26-23(16)20)29-22-9-13-27(3)15-21(22)18-4-6-19(7-5-18)25(28)10-11-25/h4-8,12,14,21-22,26,28H,9-11,13,15H2,1-3H3/t21-,22+/m0/s1. The maximum absolute atomic E-state index is 10.4. The lowest BCUT2D eigenvalue weighted by molar-refractivity contribution is 0.0908. The van der Waals surface area contributed by atoms with Crippen LogP contribution in [-0.2, 0) is 5.60 Å². The van der Waals surface area contributed by atoms with Gasteiger partial charge in [0, 0.05) is 30.6 Å². The van der Waals surface area contributed by atoms with Crippen molar-refractivity contribution in [1.29, 1.82) is 0 Å². The van der Waals surface area contributed by atoms with E-state index in [0.717, 1.165) is 49.2 Å². The molecule has 2 atom stereocenters. The van der Waals surface area contributed by atoms with Gasteiger partial charge in [0.15, 0.2) is 0 Å². The summed E-state index contributed by atoms with van der Waals surface area (Å²) in [6.45, 7) is 6.31. The molecule has 1 aliphatic heterocycles. The molecular weight excluding hydrogens is 360 g/mol. The fraction of sp³-hybridized carbons (Fsp3) is 0.440. The Bertz CT molecular complexity index is 1030. The van der Waals surface area contributed by atoms with Crippen molar-refractivity contribution in [3.05, 3.63) is 64.8 Å². The SMILES string of the molecule is Cc1cc(C)c2[nH]ccc2c1O[C@@H]1CCN(C)C[C@H]1c1ccc(C2(O)CC2)cc1. The van der Waals surface area contributed by atoms with Crippen LogP contribution in [0.4, 0.5) is 0 Å². The van der Waals surface area contributed by atoms with E-state index in [-0.39, 0.29) is 6.10 Å². The molecule has 1 aromatic heterocycles. The molecular formula is C25H30N2O2. The fourth-order valence-electron chi connectivity index (χ4n) is 4.87. The second-order valence-corrected chi connectivity index (χ2v) is 9.07. The summed E-state index contributed by atoms with van der Waals surface area (Å²) in [5.41, 5.74) is 5.38. The predicted molar refractivity (Wildman–Crippen MR) is 117 cm³/mol. The number of nitrogens with zero attached hydrogens (tertiary/aromatic N) is 1. The van der Waals surface area contributed by atoms with Crippen molar-refractivity contribution in [2.45, 2.75) is 50.7 Å². The number of fused-ring (bicyclic) bond motifs is 1. The van der Waals surface area contributed by atoms with Crippen LogP contribution in [0.15, 0.2) is 42.6 Å². The van der Waals surface area contributed by atoms with Gasteiger partial charge in [0.1, 0.15) is 11.9 Å². The highest BCUT2D eigenvalue weighted by Crippen LogP contribution is 2.45. The highest BCUT2D eigenvalue weighted by molar-refractivity contribution is 5.89. The molecule has 0 unspecified atom stereocenters. The van der Waals surface area contributed by atoms with Crippen molar-refractivity contribution >= 4 is 10.9 Å². The lowest BCUT2D eigenvalue weighted by Gasteiger charge is -2.37. The summed E-state index contributed by atoms with van der Waals surface area (Å²) in [7, 11) is 2.19. The molecule has 0 amide bonds. The van der Waals surface area contributed by atoms with Crippen LogP contribution in [0.3, 0.4) is 0 Å². The molecule has 0 bridgehead atoms. The average molecular weight is 391 g/mol. The van der Waals surface area contributed by atoms with E-state index in [0.29, 0.717) is 5.92 Å². The molecule has 3 aromatic rings. The van der Waals surface area contributed by atoms with Gasteiger partial charge >= 0.3 is 0 Å². The Labute approximate surface area is 172 Å². The Morgan fingerprint density at radius 1 is 1.10 bits per heavy atom. The molecule has 1 saturated carbocycles. The van der Waals surface area contributed by atoms with Crippen LogP contribution < -0.4 is 4.74 Å². The normalized spacial score (nSPS) is 24.0. The van der Waals surface area contributed by atoms with E-state index in [9.17, 15) is 5.11 Å². The number of piperidine rings is 1. The number of aromatic nitrogens is 1. The van der Waals surface area contributed by atoms with E-state index in [1.807, 2.05) is 6.20 Å². The van der Waals surface area contributed by atoms with Crippen LogP contribution >= 0.6 is 0 Å². The zero-order chi connectivity index (χ0) is 20.2. The third kappa shape index (κ3) is 3.34. The molecule has 2 N–H and O–H groups in total. The lowest BCUT2D eigenvalue weighted by Crippen LogP contribution is -2.42. The van der Waals surface area contributed by atoms with Crippen LogP contribution in [0, 0.1) is 13.8 Å². The van der Waals surface area contributed by atoms with Crippen molar-refractivity contribution < 1.29 is 9.84 Å². The van der Waals surface area contributed by atoms with Gasteiger partial charge in [-0.3, -0.25) is 0 Å². The molecule has 1 saturated heterocycles. The molecule has 2 aromatic carbocycles. The first-order chi connectivity index (χ1) is 13.9. The van der Waals surface area contributed by atoms with Crippen LogP contribution in [0.25, 0.3) is 10.9 Å². The number of aromatic amines is 1. The van der Waals surface area contributed by atoms with E-state index in [1.165, 1.54) is 22.1 Å². The van der Waals surface area contributed by atoms with Crippen LogP contribution in [0.5, 0.6) is 5.75 Å². The van der Waals surface area contributed by atoms with Crippen LogP contribution in [0.1, 0.15) is 47.4 Å². The number of hydrogen-bond donors (Lipinski definition) is 2. The maximum atomic E-state index is 10.4. The Balaban J connectivity index is 1.46. The molecule has 2 aliphatic rings. The minimum Gasteiger partial charge on any atom is -0.489 e. The van der Waals surface area contributed by atoms with Crippen LogP contribution in [-0.4, -0.2) is 41.2 Å². The molecule has 5 rings (SSSR count). The van der Waals surface area contributed by atoms with Crippen molar-refractivity contribution in [1.82, 2.24) is 9.88 Å². The molecule has 0 radical (unpaired) electrons. The first kappa shape index (κ1) is 18.7. The molecule has 4 nitrogen and oxygen atoms in total. The van der Waals surface area contributed by atoms with Gasteiger partial charge in [-0.1, -0.05) is 30.3 Å². The Kier molecular flexibility index (Phi) is 4.45. The Morgan fingerprint density at radius 3 is 2.59 bits per heavy atom. The van der Waals surface area contributed by atoms with Gasteiger partial charge in [-0.05, 0) is 68.5 Å². The molecule has 2 fully saturated rings. The first-order valence-corrected chi connectivity index (χ1v) is 10.7. The number of nitrogens with one attached hydrogen (secondary N) is 1. The molecule has 2 heterocycles. The lowest BCUT2D eigenvalue weighted by atomic mass is 9.87. The Morgan fingerprint density at radius 2 is 1.86 bits per heavy atom.